The summed E-state index contributed by atoms with van der Waals surface area (Å²) in [5.74, 6) is 1.26. The Labute approximate surface area is 184 Å². The van der Waals surface area contributed by atoms with Gasteiger partial charge in [0.25, 0.3) is 5.24 Å². The van der Waals surface area contributed by atoms with Crippen LogP contribution in [-0.2, 0) is 0 Å². The Balaban J connectivity index is 2.27. The van der Waals surface area contributed by atoms with Gasteiger partial charge in [0, 0.05) is 11.9 Å². The Bertz CT molecular complexity index is 928. The number of anilines is 4. The summed E-state index contributed by atoms with van der Waals surface area (Å²) in [6.07, 6.45) is 4.02. The van der Waals surface area contributed by atoms with Gasteiger partial charge < -0.3 is 25.8 Å². The molecule has 10 nitrogen and oxygen atoms in total. The molecule has 0 bridgehead atoms. The van der Waals surface area contributed by atoms with E-state index in [0.717, 1.165) is 0 Å². The predicted molar refractivity (Wildman–Crippen MR) is 125 cm³/mol. The maximum Gasteiger partial charge on any atom is 0.287 e. The van der Waals surface area contributed by atoms with Crippen molar-refractivity contribution in [2.24, 2.45) is 4.58 Å². The van der Waals surface area contributed by atoms with E-state index in [0.29, 0.717) is 33.4 Å². The highest BCUT2D eigenvalue weighted by atomic mass is 79.9. The number of hydrogen-bond donors (Lipinski definition) is 4. The van der Waals surface area contributed by atoms with Crippen molar-refractivity contribution in [1.29, 1.82) is 0 Å². The van der Waals surface area contributed by atoms with Crippen LogP contribution in [0.3, 0.4) is 0 Å². The summed E-state index contributed by atoms with van der Waals surface area (Å²) >= 11 is 3.38. The van der Waals surface area contributed by atoms with E-state index in [2.05, 4.69) is 46.4 Å². The standard InChI is InChI=1S/C18H25BrN6O4S/c1-10(11(2)26)21-16-13(19)9-20-17(24-16)22-12-6-7-15(29-3)14(8-12)23-18(27)30(4,5)25-28/h6-11,26H,1-5H3,(H,23,27)(H2,20,21,22,24)/t10-,11-/m1/s1. The molecule has 4 N–H and O–H groups in total. The van der Waals surface area contributed by atoms with Crippen molar-refractivity contribution in [3.63, 3.8) is 0 Å². The molecular weight excluding hydrogens is 476 g/mol. The number of aromatic nitrogens is 2. The molecule has 0 saturated heterocycles. The highest BCUT2D eigenvalue weighted by molar-refractivity contribution is 9.10. The molecule has 0 aliphatic heterocycles. The lowest BCUT2D eigenvalue weighted by atomic mass is 10.2. The number of halogens is 1. The Morgan fingerprint density at radius 1 is 1.33 bits per heavy atom. The number of amides is 1. The fourth-order valence-electron chi connectivity index (χ4n) is 2.15. The first kappa shape index (κ1) is 23.8. The average molecular weight is 501 g/mol. The van der Waals surface area contributed by atoms with Crippen LogP contribution in [0.2, 0.25) is 0 Å². The van der Waals surface area contributed by atoms with Gasteiger partial charge in [-0.3, -0.25) is 4.79 Å². The second kappa shape index (κ2) is 10.0. The quantitative estimate of drug-likeness (QED) is 0.390. The van der Waals surface area contributed by atoms with Crippen LogP contribution in [-0.4, -0.2) is 52.1 Å². The second-order valence-corrected chi connectivity index (χ2v) is 10.8. The van der Waals surface area contributed by atoms with Crippen LogP contribution in [0.5, 0.6) is 5.75 Å². The molecular formula is C18H25BrN6O4S. The third-order valence-electron chi connectivity index (χ3n) is 4.16. The topological polar surface area (TPSA) is 138 Å². The second-order valence-electron chi connectivity index (χ2n) is 6.86. The number of carbonyl (C=O) groups excluding carboxylic acids is 1. The molecule has 1 aromatic heterocycles. The molecule has 2 aromatic rings. The minimum atomic E-state index is -2.34. The number of nitrogens with one attached hydrogen (secondary N) is 3. The zero-order valence-corrected chi connectivity index (χ0v) is 19.7. The Morgan fingerprint density at radius 3 is 2.63 bits per heavy atom. The summed E-state index contributed by atoms with van der Waals surface area (Å²) < 4.78 is 8.87. The number of methoxy groups -OCH3 is 1. The van der Waals surface area contributed by atoms with Crippen LogP contribution < -0.4 is 20.7 Å². The third-order valence-corrected chi connectivity index (χ3v) is 6.13. The lowest BCUT2D eigenvalue weighted by Crippen LogP contribution is -2.28. The highest BCUT2D eigenvalue weighted by Gasteiger charge is 2.24. The smallest absolute Gasteiger partial charge is 0.287 e. The number of rotatable bonds is 8. The van der Waals surface area contributed by atoms with Crippen molar-refractivity contribution in [2.45, 2.75) is 26.0 Å². The summed E-state index contributed by atoms with van der Waals surface area (Å²) in [7, 11) is -0.858. The van der Waals surface area contributed by atoms with Crippen molar-refractivity contribution in [2.75, 3.05) is 35.6 Å². The van der Waals surface area contributed by atoms with E-state index in [9.17, 15) is 14.8 Å². The van der Waals surface area contributed by atoms with Crippen molar-refractivity contribution < 1.29 is 14.6 Å². The molecule has 0 unspecified atom stereocenters. The SMILES string of the molecule is COc1ccc(Nc2ncc(Br)c(N[C@H](C)[C@@H](C)O)n2)cc1NC(=O)S(C)(C)N=O. The number of ether oxygens (including phenoxy) is 1. The maximum atomic E-state index is 12.3. The van der Waals surface area contributed by atoms with Gasteiger partial charge in [0.05, 0.1) is 29.4 Å². The number of hydrogen-bond acceptors (Lipinski definition) is 9. The van der Waals surface area contributed by atoms with Gasteiger partial charge in [0.2, 0.25) is 5.95 Å². The first-order chi connectivity index (χ1) is 14.1. The fourth-order valence-corrected chi connectivity index (χ4v) is 2.88. The molecule has 164 valence electrons. The van der Waals surface area contributed by atoms with E-state index in [4.69, 9.17) is 4.74 Å². The van der Waals surface area contributed by atoms with Gasteiger partial charge in [-0.1, -0.05) is 0 Å². The number of nitroso groups, excluding NO2 is 1. The monoisotopic (exact) mass is 500 g/mol. The van der Waals surface area contributed by atoms with Crippen molar-refractivity contribution in [3.8, 4) is 5.75 Å². The molecule has 0 spiro atoms. The van der Waals surface area contributed by atoms with Crippen molar-refractivity contribution in [3.05, 3.63) is 33.8 Å². The molecule has 1 heterocycles. The average Bonchev–Trinajstić information content (AvgIpc) is 2.70. The molecule has 30 heavy (non-hydrogen) atoms. The van der Waals surface area contributed by atoms with E-state index in [1.807, 2.05) is 6.92 Å². The van der Waals surface area contributed by atoms with Crippen molar-refractivity contribution >= 4 is 54.5 Å². The molecule has 0 fully saturated rings. The fraction of sp³-hybridized carbons (Fsp3) is 0.389. The Hall–Kier alpha value is -2.44. The summed E-state index contributed by atoms with van der Waals surface area (Å²) in [6, 6.07) is 4.83. The molecule has 12 heteroatoms. The van der Waals surface area contributed by atoms with Gasteiger partial charge in [-0.25, -0.2) is 4.98 Å². The van der Waals surface area contributed by atoms with E-state index < -0.39 is 21.6 Å². The summed E-state index contributed by atoms with van der Waals surface area (Å²) in [5, 5.41) is 18.1. The molecule has 2 atom stereocenters. The lowest BCUT2D eigenvalue weighted by molar-refractivity contribution is 0.177. The normalized spacial score (nSPS) is 13.7. The molecule has 2 rings (SSSR count). The minimum absolute atomic E-state index is 0.218. The zero-order valence-electron chi connectivity index (χ0n) is 17.3. The van der Waals surface area contributed by atoms with Crippen LogP contribution >= 0.6 is 26.1 Å². The maximum absolute atomic E-state index is 12.3. The Morgan fingerprint density at radius 2 is 2.03 bits per heavy atom. The van der Waals surface area contributed by atoms with Gasteiger partial charge in [0.1, 0.15) is 11.6 Å². The number of nitrogens with zero attached hydrogens (tertiary/aromatic N) is 3. The van der Waals surface area contributed by atoms with Gasteiger partial charge in [-0.15, -0.1) is 4.91 Å². The summed E-state index contributed by atoms with van der Waals surface area (Å²) in [5.41, 5.74) is 0.977. The molecule has 0 aliphatic rings. The van der Waals surface area contributed by atoms with Gasteiger partial charge in [0.15, 0.2) is 0 Å². The van der Waals surface area contributed by atoms with Gasteiger partial charge in [-0.2, -0.15) is 4.98 Å². The largest absolute Gasteiger partial charge is 0.495 e. The van der Waals surface area contributed by atoms with Crippen LogP contribution in [0.4, 0.5) is 27.9 Å². The predicted octanol–water partition coefficient (Wildman–Crippen LogP) is 4.45. The first-order valence-electron chi connectivity index (χ1n) is 8.88. The molecule has 0 aliphatic carbocycles. The zero-order chi connectivity index (χ0) is 22.5. The van der Waals surface area contributed by atoms with Crippen LogP contribution in [0, 0.1) is 4.91 Å². The van der Waals surface area contributed by atoms with E-state index >= 15 is 0 Å². The first-order valence-corrected chi connectivity index (χ1v) is 12.1. The number of aliphatic hydroxyl groups excluding tert-OH is 1. The van der Waals surface area contributed by atoms with Crippen LogP contribution in [0.15, 0.2) is 33.5 Å². The van der Waals surface area contributed by atoms with Crippen LogP contribution in [0.1, 0.15) is 13.8 Å². The lowest BCUT2D eigenvalue weighted by Gasteiger charge is -2.21. The summed E-state index contributed by atoms with van der Waals surface area (Å²) in [6.45, 7) is 3.52. The molecule has 1 amide bonds. The van der Waals surface area contributed by atoms with E-state index in [1.54, 1.807) is 31.3 Å². The summed E-state index contributed by atoms with van der Waals surface area (Å²) in [4.78, 5) is 31.9. The number of benzene rings is 1. The Kier molecular flexibility index (Phi) is 7.98. The number of aliphatic hydroxyl groups is 1. The number of carbonyl (C=O) groups is 1. The van der Waals surface area contributed by atoms with E-state index in [1.165, 1.54) is 19.6 Å². The third kappa shape index (κ3) is 6.03. The van der Waals surface area contributed by atoms with Gasteiger partial charge in [-0.05, 0) is 75.3 Å². The molecule has 0 saturated carbocycles. The van der Waals surface area contributed by atoms with E-state index in [-0.39, 0.29) is 6.04 Å². The minimum Gasteiger partial charge on any atom is -0.495 e. The van der Waals surface area contributed by atoms with Crippen LogP contribution in [0.25, 0.3) is 0 Å². The highest BCUT2D eigenvalue weighted by Crippen LogP contribution is 2.43. The van der Waals surface area contributed by atoms with Crippen molar-refractivity contribution in [1.82, 2.24) is 9.97 Å². The molecule has 1 aromatic carbocycles. The molecule has 0 radical (unpaired) electrons. The van der Waals surface area contributed by atoms with Gasteiger partial charge >= 0.3 is 0 Å².